The van der Waals surface area contributed by atoms with Crippen LogP contribution in [0.3, 0.4) is 0 Å². The van der Waals surface area contributed by atoms with E-state index in [2.05, 4.69) is 13.5 Å². The van der Waals surface area contributed by atoms with E-state index in [0.29, 0.717) is 0 Å². The van der Waals surface area contributed by atoms with Crippen molar-refractivity contribution in [2.45, 2.75) is 6.92 Å². The van der Waals surface area contributed by atoms with Crippen molar-refractivity contribution in [2.24, 2.45) is 0 Å². The molecule has 0 nitrogen and oxygen atoms in total. The van der Waals surface area contributed by atoms with Gasteiger partial charge in [-0.25, -0.2) is 19.1 Å². The minimum Gasteiger partial charge on any atom is -0.242 e. The Morgan fingerprint density at radius 1 is 1.80 bits per heavy atom. The molecule has 0 saturated heterocycles. The molecule has 5 heavy (non-hydrogen) atoms. The van der Waals surface area contributed by atoms with Crippen molar-refractivity contribution in [2.75, 3.05) is 0 Å². The van der Waals surface area contributed by atoms with E-state index in [9.17, 15) is 0 Å². The topological polar surface area (TPSA) is 0 Å². The molecule has 0 heterocycles. The average Bonchev–Trinajstić information content (AvgIpc) is 0.811. The third-order valence-corrected chi connectivity index (χ3v) is 0. The van der Waals surface area contributed by atoms with Gasteiger partial charge < -0.3 is 0 Å². The monoisotopic (exact) mass is 239 g/mol. The van der Waals surface area contributed by atoms with Gasteiger partial charge in [-0.3, -0.25) is 0 Å². The maximum absolute atomic E-state index is 3.44. The fourth-order valence-electron chi connectivity index (χ4n) is 0. The van der Waals surface area contributed by atoms with Gasteiger partial charge in [0.1, 0.15) is 0 Å². The number of hydrogen-bond acceptors (Lipinski definition) is 0. The molecule has 0 N–H and O–H groups in total. The van der Waals surface area contributed by atoms with E-state index in [1.807, 2.05) is 6.92 Å². The predicted molar refractivity (Wildman–Crippen MR) is 20.2 cm³/mol. The summed E-state index contributed by atoms with van der Waals surface area (Å²) >= 11 is 0. The summed E-state index contributed by atoms with van der Waals surface area (Å²) in [6.45, 7) is 8.75. The second kappa shape index (κ2) is 4.30. The van der Waals surface area contributed by atoms with Gasteiger partial charge in [0.05, 0.1) is 0 Å². The van der Waals surface area contributed by atoms with Gasteiger partial charge in [0.15, 0.2) is 0 Å². The van der Waals surface area contributed by atoms with Crippen molar-refractivity contribution in [3.63, 3.8) is 0 Å². The smallest absolute Gasteiger partial charge is 0 e. The molecule has 0 aromatic carbocycles. The normalized spacial score (nSPS) is 5.00. The van der Waals surface area contributed by atoms with Crippen molar-refractivity contribution >= 4 is 0 Å². The van der Waals surface area contributed by atoms with Gasteiger partial charge in [-0.05, 0) is 0 Å². The maximum atomic E-state index is 3.44. The second-order valence-corrected chi connectivity index (χ2v) is 0.957. The van der Waals surface area contributed by atoms with Gasteiger partial charge in [0.25, 0.3) is 0 Å². The Morgan fingerprint density at radius 2 is 1.80 bits per heavy atom. The van der Waals surface area contributed by atoms with Crippen LogP contribution in [-0.4, -0.2) is 0 Å². The van der Waals surface area contributed by atoms with Crippen molar-refractivity contribution in [3.8, 4) is 0 Å². The van der Waals surface area contributed by atoms with Gasteiger partial charge in [-0.1, -0.05) is 6.92 Å². The van der Waals surface area contributed by atoms with Crippen LogP contribution in [0.15, 0.2) is 12.2 Å². The van der Waals surface area contributed by atoms with E-state index in [0.717, 1.165) is 5.57 Å². The summed E-state index contributed by atoms with van der Waals surface area (Å²) in [4.78, 5) is 0. The molecular formula is C4H7W-. The summed E-state index contributed by atoms with van der Waals surface area (Å²) in [6, 6.07) is 0. The minimum absolute atomic E-state index is 0. The van der Waals surface area contributed by atoms with Crippen LogP contribution in [0.5, 0.6) is 0 Å². The van der Waals surface area contributed by atoms with Gasteiger partial charge in [0, 0.05) is 21.1 Å². The average molecular weight is 239 g/mol. The van der Waals surface area contributed by atoms with E-state index in [1.165, 1.54) is 0 Å². The first-order valence-electron chi connectivity index (χ1n) is 1.21. The van der Waals surface area contributed by atoms with Crippen LogP contribution in [-0.2, 0) is 21.1 Å². The van der Waals surface area contributed by atoms with Gasteiger partial charge in [-0.2, -0.15) is 0 Å². The number of hydrogen-bond donors (Lipinski definition) is 0. The van der Waals surface area contributed by atoms with Crippen LogP contribution in [0.1, 0.15) is 6.92 Å². The third kappa shape index (κ3) is 255. The van der Waals surface area contributed by atoms with Crippen molar-refractivity contribution < 1.29 is 21.1 Å². The van der Waals surface area contributed by atoms with Crippen molar-refractivity contribution in [1.82, 2.24) is 0 Å². The molecule has 0 aliphatic rings. The Labute approximate surface area is 47.5 Å². The van der Waals surface area contributed by atoms with E-state index < -0.39 is 0 Å². The van der Waals surface area contributed by atoms with Crippen LogP contribution in [0.4, 0.5) is 0 Å². The minimum atomic E-state index is 0. The fraction of sp³-hybridized carbons (Fsp3) is 0.250. The van der Waals surface area contributed by atoms with E-state index in [-0.39, 0.29) is 21.1 Å². The summed E-state index contributed by atoms with van der Waals surface area (Å²) in [5.74, 6) is 0. The number of rotatable bonds is 0. The fourth-order valence-corrected chi connectivity index (χ4v) is 0. The first kappa shape index (κ1) is 9.00. The Balaban J connectivity index is 0. The first-order valence-corrected chi connectivity index (χ1v) is 1.21. The Morgan fingerprint density at radius 3 is 1.80 bits per heavy atom. The molecule has 30 valence electrons. The van der Waals surface area contributed by atoms with E-state index in [4.69, 9.17) is 0 Å². The van der Waals surface area contributed by atoms with Crippen molar-refractivity contribution in [3.05, 3.63) is 19.1 Å². The zero-order valence-electron chi connectivity index (χ0n) is 3.32. The first-order chi connectivity index (χ1) is 1.73. The molecule has 1 heteroatoms. The molecule has 0 radical (unpaired) electrons. The molecule has 0 aromatic rings. The molecule has 0 rings (SSSR count). The molecule has 0 aliphatic carbocycles. The SMILES string of the molecule is C=C([CH2-])C.[W]. The summed E-state index contributed by atoms with van der Waals surface area (Å²) < 4.78 is 0. The molecule has 0 saturated carbocycles. The van der Waals surface area contributed by atoms with Crippen LogP contribution in [0, 0.1) is 6.92 Å². The molecule has 0 spiro atoms. The molecular weight excluding hydrogens is 232 g/mol. The van der Waals surface area contributed by atoms with Gasteiger partial charge in [-0.15, -0.1) is 0 Å². The van der Waals surface area contributed by atoms with Crippen LogP contribution in [0.2, 0.25) is 0 Å². The second-order valence-electron chi connectivity index (χ2n) is 0.957. The Bertz CT molecular complexity index is 26.6. The van der Waals surface area contributed by atoms with Crippen LogP contribution < -0.4 is 0 Å². The Hall–Kier alpha value is 0.298. The van der Waals surface area contributed by atoms with Gasteiger partial charge in [0.2, 0.25) is 0 Å². The molecule has 0 unspecified atom stereocenters. The van der Waals surface area contributed by atoms with Gasteiger partial charge >= 0.3 is 0 Å². The number of allylic oxidation sites excluding steroid dienone is 1. The summed E-state index contributed by atoms with van der Waals surface area (Å²) in [6.07, 6.45) is 0. The maximum Gasteiger partial charge on any atom is 0 e. The third-order valence-electron chi connectivity index (χ3n) is 0. The largest absolute Gasteiger partial charge is 0.242 e. The quantitative estimate of drug-likeness (QED) is 0.560. The standard InChI is InChI=1S/C4H7.W/c1-4(2)3;/h1-2H2,3H3;/q-1;. The zero-order chi connectivity index (χ0) is 3.58. The molecule has 0 amide bonds. The summed E-state index contributed by atoms with van der Waals surface area (Å²) in [7, 11) is 0. The van der Waals surface area contributed by atoms with Crippen LogP contribution >= 0.6 is 0 Å². The van der Waals surface area contributed by atoms with E-state index >= 15 is 0 Å². The van der Waals surface area contributed by atoms with Crippen LogP contribution in [0.25, 0.3) is 0 Å². The Kier molecular flexibility index (Phi) is 7.74. The molecule has 0 aromatic heterocycles. The molecule has 0 fully saturated rings. The molecule has 0 atom stereocenters. The van der Waals surface area contributed by atoms with Crippen molar-refractivity contribution in [1.29, 1.82) is 0 Å². The van der Waals surface area contributed by atoms with E-state index in [1.54, 1.807) is 0 Å². The molecule has 0 bridgehead atoms. The zero-order valence-corrected chi connectivity index (χ0v) is 6.26. The summed E-state index contributed by atoms with van der Waals surface area (Å²) in [5, 5.41) is 0. The molecule has 0 aliphatic heterocycles. The predicted octanol–water partition coefficient (Wildman–Crippen LogP) is 1.39. The summed E-state index contributed by atoms with van der Waals surface area (Å²) in [5.41, 5.74) is 0.917.